The smallest absolute Gasteiger partial charge is 0.119 e. The van der Waals surface area contributed by atoms with E-state index < -0.39 is 0 Å². The van der Waals surface area contributed by atoms with Crippen LogP contribution in [0.3, 0.4) is 0 Å². The van der Waals surface area contributed by atoms with Gasteiger partial charge < -0.3 is 15.2 Å². The molecule has 1 aliphatic heterocycles. The van der Waals surface area contributed by atoms with Crippen molar-refractivity contribution in [3.63, 3.8) is 0 Å². The number of ether oxygens (including phenoxy) is 2. The fraction of sp³-hybridized carbons (Fsp3) is 0.571. The molecule has 0 amide bonds. The topological polar surface area (TPSA) is 44.5 Å². The fourth-order valence-electron chi connectivity index (χ4n) is 1.98. The van der Waals surface area contributed by atoms with Crippen molar-refractivity contribution in [2.24, 2.45) is 11.7 Å². The minimum Gasteiger partial charge on any atom is -0.493 e. The van der Waals surface area contributed by atoms with Gasteiger partial charge >= 0.3 is 0 Å². The molecule has 1 aromatic carbocycles. The van der Waals surface area contributed by atoms with Gasteiger partial charge in [-0.05, 0) is 30.5 Å². The van der Waals surface area contributed by atoms with Crippen molar-refractivity contribution in [2.75, 3.05) is 19.8 Å². The van der Waals surface area contributed by atoms with E-state index in [4.69, 9.17) is 15.2 Å². The third kappa shape index (κ3) is 3.45. The van der Waals surface area contributed by atoms with Gasteiger partial charge in [-0.2, -0.15) is 0 Å². The summed E-state index contributed by atoms with van der Waals surface area (Å²) in [6.45, 7) is 4.55. The van der Waals surface area contributed by atoms with Crippen LogP contribution in [-0.2, 0) is 4.74 Å². The summed E-state index contributed by atoms with van der Waals surface area (Å²) in [5.74, 6) is 1.47. The number of benzene rings is 1. The van der Waals surface area contributed by atoms with Crippen molar-refractivity contribution in [1.29, 1.82) is 0 Å². The van der Waals surface area contributed by atoms with E-state index in [9.17, 15) is 0 Å². The molecule has 3 heteroatoms. The Morgan fingerprint density at radius 3 is 2.76 bits per heavy atom. The predicted octanol–water partition coefficient (Wildman–Crippen LogP) is 2.51. The summed E-state index contributed by atoms with van der Waals surface area (Å²) >= 11 is 0. The molecule has 1 fully saturated rings. The Labute approximate surface area is 103 Å². The van der Waals surface area contributed by atoms with Crippen LogP contribution in [0.4, 0.5) is 0 Å². The molecule has 0 bridgehead atoms. The third-order valence-corrected chi connectivity index (χ3v) is 3.26. The van der Waals surface area contributed by atoms with Gasteiger partial charge in [0.2, 0.25) is 0 Å². The average molecular weight is 235 g/mol. The molecule has 17 heavy (non-hydrogen) atoms. The lowest BCUT2D eigenvalue weighted by Crippen LogP contribution is -2.12. The molecule has 3 nitrogen and oxygen atoms in total. The summed E-state index contributed by atoms with van der Waals surface area (Å²) in [5.41, 5.74) is 7.13. The summed E-state index contributed by atoms with van der Waals surface area (Å²) in [5, 5.41) is 0. The minimum absolute atomic E-state index is 0.132. The monoisotopic (exact) mass is 235 g/mol. The Bertz CT molecular complexity index is 331. The van der Waals surface area contributed by atoms with Crippen molar-refractivity contribution in [3.8, 4) is 5.75 Å². The molecule has 94 valence electrons. The molecule has 2 N–H and O–H groups in total. The van der Waals surface area contributed by atoms with Crippen LogP contribution < -0.4 is 10.5 Å². The molecule has 1 aliphatic rings. The molecule has 0 spiro atoms. The van der Waals surface area contributed by atoms with Crippen molar-refractivity contribution in [3.05, 3.63) is 29.8 Å². The number of hydrogen-bond donors (Lipinski definition) is 1. The highest BCUT2D eigenvalue weighted by atomic mass is 16.5. The molecule has 1 unspecified atom stereocenters. The Kier molecular flexibility index (Phi) is 4.40. The zero-order chi connectivity index (χ0) is 12.1. The van der Waals surface area contributed by atoms with Crippen molar-refractivity contribution < 1.29 is 9.47 Å². The van der Waals surface area contributed by atoms with E-state index in [-0.39, 0.29) is 6.04 Å². The summed E-state index contributed by atoms with van der Waals surface area (Å²) in [7, 11) is 0. The summed E-state index contributed by atoms with van der Waals surface area (Å²) in [6, 6.07) is 8.23. The van der Waals surface area contributed by atoms with Gasteiger partial charge in [0.15, 0.2) is 0 Å². The van der Waals surface area contributed by atoms with Crippen LogP contribution in [0.15, 0.2) is 24.3 Å². The highest BCUT2D eigenvalue weighted by molar-refractivity contribution is 5.28. The van der Waals surface area contributed by atoms with Gasteiger partial charge in [-0.25, -0.2) is 0 Å². The summed E-state index contributed by atoms with van der Waals surface area (Å²) in [4.78, 5) is 0. The van der Waals surface area contributed by atoms with E-state index in [1.807, 2.05) is 12.1 Å². The Hall–Kier alpha value is -1.06. The van der Waals surface area contributed by atoms with E-state index >= 15 is 0 Å². The van der Waals surface area contributed by atoms with Crippen LogP contribution in [-0.4, -0.2) is 19.8 Å². The van der Waals surface area contributed by atoms with Crippen LogP contribution >= 0.6 is 0 Å². The van der Waals surface area contributed by atoms with Gasteiger partial charge in [0.1, 0.15) is 5.75 Å². The maximum atomic E-state index is 5.96. The summed E-state index contributed by atoms with van der Waals surface area (Å²) in [6.07, 6.45) is 2.07. The van der Waals surface area contributed by atoms with E-state index in [2.05, 4.69) is 19.1 Å². The van der Waals surface area contributed by atoms with Gasteiger partial charge in [0.05, 0.1) is 13.2 Å². The van der Waals surface area contributed by atoms with Crippen LogP contribution in [0.2, 0.25) is 0 Å². The maximum absolute atomic E-state index is 5.96. The first-order chi connectivity index (χ1) is 8.29. The second-order valence-electron chi connectivity index (χ2n) is 4.62. The van der Waals surface area contributed by atoms with Crippen molar-refractivity contribution in [1.82, 2.24) is 0 Å². The maximum Gasteiger partial charge on any atom is 0.119 e. The van der Waals surface area contributed by atoms with Gasteiger partial charge in [-0.15, -0.1) is 0 Å². The molecule has 2 atom stereocenters. The molecule has 1 saturated heterocycles. The second kappa shape index (κ2) is 6.03. The third-order valence-electron chi connectivity index (χ3n) is 3.26. The lowest BCUT2D eigenvalue weighted by atomic mass is 10.1. The molecular formula is C14H21NO2. The van der Waals surface area contributed by atoms with Gasteiger partial charge in [0, 0.05) is 18.6 Å². The van der Waals surface area contributed by atoms with Crippen molar-refractivity contribution in [2.45, 2.75) is 25.8 Å². The molecule has 1 aromatic rings. The fourth-order valence-corrected chi connectivity index (χ4v) is 1.98. The molecular weight excluding hydrogens is 214 g/mol. The molecule has 0 aromatic heterocycles. The highest BCUT2D eigenvalue weighted by Gasteiger charge is 2.16. The zero-order valence-electron chi connectivity index (χ0n) is 10.4. The van der Waals surface area contributed by atoms with E-state index in [1.165, 1.54) is 5.56 Å². The normalized spacial score (nSPS) is 21.4. The average Bonchev–Trinajstić information content (AvgIpc) is 2.89. The Balaban J connectivity index is 1.84. The van der Waals surface area contributed by atoms with Crippen LogP contribution in [0.1, 0.15) is 31.4 Å². The lowest BCUT2D eigenvalue weighted by molar-refractivity contribution is 0.167. The lowest BCUT2D eigenvalue weighted by Gasteiger charge is -2.12. The van der Waals surface area contributed by atoms with Gasteiger partial charge in [0.25, 0.3) is 0 Å². The zero-order valence-corrected chi connectivity index (χ0v) is 10.4. The molecule has 1 heterocycles. The molecule has 0 saturated carbocycles. The summed E-state index contributed by atoms with van der Waals surface area (Å²) < 4.78 is 11.1. The van der Waals surface area contributed by atoms with E-state index in [0.717, 1.165) is 38.4 Å². The number of hydrogen-bond acceptors (Lipinski definition) is 3. The van der Waals surface area contributed by atoms with Crippen LogP contribution in [0.25, 0.3) is 0 Å². The Morgan fingerprint density at radius 1 is 1.41 bits per heavy atom. The largest absolute Gasteiger partial charge is 0.493 e. The Morgan fingerprint density at radius 2 is 2.18 bits per heavy atom. The second-order valence-corrected chi connectivity index (χ2v) is 4.62. The quantitative estimate of drug-likeness (QED) is 0.853. The highest BCUT2D eigenvalue weighted by Crippen LogP contribution is 2.20. The van der Waals surface area contributed by atoms with E-state index in [0.29, 0.717) is 5.92 Å². The van der Waals surface area contributed by atoms with Crippen molar-refractivity contribution >= 4 is 0 Å². The first-order valence-electron chi connectivity index (χ1n) is 6.35. The number of nitrogens with two attached hydrogens (primary N) is 1. The number of rotatable bonds is 5. The standard InChI is InChI=1S/C14H21NO2/c1-2-14(15)12-3-5-13(6-4-12)17-10-11-7-8-16-9-11/h3-6,11,14H,2,7-10,15H2,1H3/t11?,14-/m1/s1. The SMILES string of the molecule is CC[C@@H](N)c1ccc(OCC2CCOC2)cc1. The van der Waals surface area contributed by atoms with Gasteiger partial charge in [-0.1, -0.05) is 19.1 Å². The van der Waals surface area contributed by atoms with E-state index in [1.54, 1.807) is 0 Å². The first-order valence-corrected chi connectivity index (χ1v) is 6.35. The van der Waals surface area contributed by atoms with Crippen LogP contribution in [0, 0.1) is 5.92 Å². The first kappa shape index (κ1) is 12.4. The molecule has 0 aliphatic carbocycles. The predicted molar refractivity (Wildman–Crippen MR) is 68.1 cm³/mol. The molecule has 2 rings (SSSR count). The molecule has 0 radical (unpaired) electrons. The van der Waals surface area contributed by atoms with Gasteiger partial charge in [-0.3, -0.25) is 0 Å². The van der Waals surface area contributed by atoms with Crippen LogP contribution in [0.5, 0.6) is 5.75 Å². The minimum atomic E-state index is 0.132.